The number of para-hydroxylation sites is 1. The van der Waals surface area contributed by atoms with Gasteiger partial charge in [0.2, 0.25) is 0 Å². The van der Waals surface area contributed by atoms with E-state index in [1.54, 1.807) is 0 Å². The number of fused-ring (bicyclic) bond motifs is 7. The second kappa shape index (κ2) is 6.11. The molecule has 0 radical (unpaired) electrons. The number of hydrogen-bond acceptors (Lipinski definition) is 1. The van der Waals surface area contributed by atoms with Crippen LogP contribution in [0, 0.1) is 0 Å². The van der Waals surface area contributed by atoms with Gasteiger partial charge in [0.1, 0.15) is 6.04 Å². The van der Waals surface area contributed by atoms with Crippen molar-refractivity contribution in [2.75, 3.05) is 20.2 Å². The van der Waals surface area contributed by atoms with Crippen molar-refractivity contribution in [1.82, 2.24) is 4.98 Å². The summed E-state index contributed by atoms with van der Waals surface area (Å²) in [7, 11) is 2.33. The fourth-order valence-electron chi connectivity index (χ4n) is 5.05. The molecule has 0 saturated heterocycles. The molecule has 0 amide bonds. The maximum absolute atomic E-state index is 10.2. The molecule has 2 aromatic carbocycles. The fourth-order valence-corrected chi connectivity index (χ4v) is 5.05. The number of nitrogens with zero attached hydrogens (tertiary/aromatic N) is 1. The molecule has 4 heteroatoms. The summed E-state index contributed by atoms with van der Waals surface area (Å²) in [6.07, 6.45) is 2.04. The third-order valence-corrected chi connectivity index (χ3v) is 6.41. The molecule has 25 heavy (non-hydrogen) atoms. The Kier molecular flexibility index (Phi) is 4.17. The third kappa shape index (κ3) is 2.31. The van der Waals surface area contributed by atoms with Crippen LogP contribution in [0.15, 0.2) is 48.5 Å². The Morgan fingerprint density at radius 3 is 2.72 bits per heavy atom. The lowest BCUT2D eigenvalue weighted by Gasteiger charge is -2.52. The highest BCUT2D eigenvalue weighted by molar-refractivity contribution is 5.85. The normalized spacial score (nSPS) is 27.1. The number of aliphatic hydroxyl groups is 1. The largest absolute Gasteiger partial charge is 1.00 e. The number of quaternary nitrogens is 1. The average Bonchev–Trinajstić information content (AvgIpc) is 2.98. The predicted octanol–water partition coefficient (Wildman–Crippen LogP) is 0.181. The quantitative estimate of drug-likeness (QED) is 0.406. The molecule has 3 heterocycles. The van der Waals surface area contributed by atoms with Crippen LogP contribution in [0.5, 0.6) is 0 Å². The first-order valence-electron chi connectivity index (χ1n) is 8.85. The Bertz CT molecular complexity index is 935. The Balaban J connectivity index is 0.00000157. The van der Waals surface area contributed by atoms with Crippen LogP contribution in [-0.4, -0.2) is 40.8 Å². The number of likely N-dealkylation sites (N-methyl/N-ethyl adjacent to an activating group) is 1. The first kappa shape index (κ1) is 17.1. The lowest BCUT2D eigenvalue weighted by atomic mass is 9.80. The minimum Gasteiger partial charge on any atom is -1.00 e. The van der Waals surface area contributed by atoms with Gasteiger partial charge >= 0.3 is 0 Å². The summed E-state index contributed by atoms with van der Waals surface area (Å²) in [4.78, 5) is 3.73. The molecular formula is C21H23IN2O. The number of aromatic amines is 1. The molecule has 0 saturated carbocycles. The van der Waals surface area contributed by atoms with Crippen molar-refractivity contribution in [1.29, 1.82) is 0 Å². The summed E-state index contributed by atoms with van der Waals surface area (Å²) in [5, 5.41) is 11.5. The van der Waals surface area contributed by atoms with E-state index in [2.05, 4.69) is 60.6 Å². The number of aromatic nitrogens is 1. The molecule has 5 rings (SSSR count). The molecule has 2 aliphatic heterocycles. The molecular weight excluding hydrogens is 423 g/mol. The summed E-state index contributed by atoms with van der Waals surface area (Å²) in [5.74, 6) is 0. The van der Waals surface area contributed by atoms with Crippen LogP contribution >= 0.6 is 0 Å². The van der Waals surface area contributed by atoms with Crippen LogP contribution < -0.4 is 24.0 Å². The second-order valence-electron chi connectivity index (χ2n) is 7.53. The highest BCUT2D eigenvalue weighted by Crippen LogP contribution is 2.47. The first-order chi connectivity index (χ1) is 11.7. The van der Waals surface area contributed by atoms with Gasteiger partial charge in [0, 0.05) is 29.3 Å². The van der Waals surface area contributed by atoms with E-state index in [9.17, 15) is 5.11 Å². The van der Waals surface area contributed by atoms with Gasteiger partial charge in [-0.15, -0.1) is 0 Å². The predicted molar refractivity (Wildman–Crippen MR) is 95.9 cm³/mol. The molecule has 3 nitrogen and oxygen atoms in total. The molecule has 130 valence electrons. The lowest BCUT2D eigenvalue weighted by Crippen LogP contribution is -3.00. The van der Waals surface area contributed by atoms with Crippen LogP contribution in [-0.2, 0) is 12.8 Å². The van der Waals surface area contributed by atoms with Gasteiger partial charge in [-0.25, -0.2) is 0 Å². The molecule has 0 bridgehead atoms. The van der Waals surface area contributed by atoms with E-state index in [0.29, 0.717) is 6.04 Å². The summed E-state index contributed by atoms with van der Waals surface area (Å²) < 4.78 is 0.910. The highest BCUT2D eigenvalue weighted by atomic mass is 127. The van der Waals surface area contributed by atoms with Gasteiger partial charge in [-0.1, -0.05) is 42.5 Å². The van der Waals surface area contributed by atoms with Crippen molar-refractivity contribution in [2.45, 2.75) is 24.9 Å². The van der Waals surface area contributed by atoms with Gasteiger partial charge in [0.25, 0.3) is 0 Å². The summed E-state index contributed by atoms with van der Waals surface area (Å²) >= 11 is 0. The minimum atomic E-state index is 0. The molecule has 2 N–H and O–H groups in total. The van der Waals surface area contributed by atoms with Crippen molar-refractivity contribution in [3.8, 4) is 0 Å². The zero-order chi connectivity index (χ0) is 16.3. The van der Waals surface area contributed by atoms with Gasteiger partial charge < -0.3 is 38.6 Å². The van der Waals surface area contributed by atoms with Crippen molar-refractivity contribution in [2.24, 2.45) is 0 Å². The zero-order valence-corrected chi connectivity index (χ0v) is 16.5. The maximum atomic E-state index is 10.2. The molecule has 0 aliphatic carbocycles. The van der Waals surface area contributed by atoms with Crippen LogP contribution in [0.25, 0.3) is 10.9 Å². The summed E-state index contributed by atoms with van der Waals surface area (Å²) in [5.41, 5.74) is 6.87. The Morgan fingerprint density at radius 2 is 1.88 bits per heavy atom. The van der Waals surface area contributed by atoms with Gasteiger partial charge in [-0.2, -0.15) is 0 Å². The first-order valence-corrected chi connectivity index (χ1v) is 8.85. The fraction of sp³-hybridized carbons (Fsp3) is 0.333. The zero-order valence-electron chi connectivity index (χ0n) is 14.4. The smallest absolute Gasteiger partial charge is 0.156 e. The molecule has 0 fully saturated rings. The van der Waals surface area contributed by atoms with Gasteiger partial charge in [-0.3, -0.25) is 0 Å². The SMILES string of the molecule is C[N+]12CCc3ccccc3C1c1[nH]c3ccccc3c1C[C@H]2CO.[I-]. The number of aliphatic hydroxyl groups excluding tert-OH is 1. The standard InChI is InChI=1S/C21H23N2O.HI/c1-23-11-10-14-6-2-3-7-16(14)21(23)20-18(12-15(23)13-24)17-8-4-5-9-19(17)22-20;/h2-9,15,21-22,24H,10-13H2,1H3;1H/q+1;/p-1/t15-,21?,23?;/m0./s1. The Labute approximate surface area is 165 Å². The number of halogens is 1. The van der Waals surface area contributed by atoms with E-state index in [4.69, 9.17) is 0 Å². The Hall–Kier alpha value is -1.37. The van der Waals surface area contributed by atoms with Crippen molar-refractivity contribution in [3.05, 3.63) is 70.9 Å². The topological polar surface area (TPSA) is 36.0 Å². The Morgan fingerprint density at radius 1 is 1.12 bits per heavy atom. The van der Waals surface area contributed by atoms with Crippen molar-refractivity contribution < 1.29 is 33.6 Å². The molecule has 3 atom stereocenters. The van der Waals surface area contributed by atoms with Crippen LogP contribution in [0.2, 0.25) is 0 Å². The lowest BCUT2D eigenvalue weighted by molar-refractivity contribution is -0.961. The van der Waals surface area contributed by atoms with Crippen LogP contribution in [0.1, 0.15) is 28.4 Å². The van der Waals surface area contributed by atoms with E-state index in [-0.39, 0.29) is 36.6 Å². The number of benzene rings is 2. The van der Waals surface area contributed by atoms with Crippen LogP contribution in [0.3, 0.4) is 0 Å². The van der Waals surface area contributed by atoms with E-state index in [0.717, 1.165) is 23.9 Å². The minimum absolute atomic E-state index is 0. The highest BCUT2D eigenvalue weighted by Gasteiger charge is 2.50. The van der Waals surface area contributed by atoms with E-state index < -0.39 is 0 Å². The van der Waals surface area contributed by atoms with Gasteiger partial charge in [0.05, 0.1) is 25.9 Å². The van der Waals surface area contributed by atoms with E-state index in [1.807, 2.05) is 0 Å². The van der Waals surface area contributed by atoms with Gasteiger partial charge in [0.15, 0.2) is 6.04 Å². The molecule has 0 spiro atoms. The second-order valence-corrected chi connectivity index (χ2v) is 7.53. The number of hydrogen-bond donors (Lipinski definition) is 2. The molecule has 2 unspecified atom stereocenters. The van der Waals surface area contributed by atoms with Gasteiger partial charge in [-0.05, 0) is 17.2 Å². The summed E-state index contributed by atoms with van der Waals surface area (Å²) in [6.45, 7) is 1.33. The number of nitrogens with one attached hydrogen (secondary N) is 1. The maximum Gasteiger partial charge on any atom is 0.156 e. The van der Waals surface area contributed by atoms with E-state index >= 15 is 0 Å². The molecule has 2 aliphatic rings. The number of rotatable bonds is 1. The molecule has 3 aromatic rings. The summed E-state index contributed by atoms with van der Waals surface area (Å²) in [6, 6.07) is 18.0. The monoisotopic (exact) mass is 446 g/mol. The average molecular weight is 446 g/mol. The molecule has 1 aromatic heterocycles. The number of H-pyrrole nitrogens is 1. The third-order valence-electron chi connectivity index (χ3n) is 6.41. The van der Waals surface area contributed by atoms with E-state index in [1.165, 1.54) is 33.3 Å². The van der Waals surface area contributed by atoms with Crippen molar-refractivity contribution in [3.63, 3.8) is 0 Å². The van der Waals surface area contributed by atoms with Crippen LogP contribution in [0.4, 0.5) is 0 Å². The van der Waals surface area contributed by atoms with Crippen molar-refractivity contribution >= 4 is 10.9 Å².